The highest BCUT2D eigenvalue weighted by atomic mass is 32.1. The molecule has 2 aromatic heterocycles. The van der Waals surface area contributed by atoms with Crippen LogP contribution in [0.3, 0.4) is 0 Å². The summed E-state index contributed by atoms with van der Waals surface area (Å²) >= 11 is 1.62. The van der Waals surface area contributed by atoms with Crippen LogP contribution in [0.1, 0.15) is 18.9 Å². The molecule has 2 heterocycles. The molecule has 0 unspecified atom stereocenters. The summed E-state index contributed by atoms with van der Waals surface area (Å²) in [5.41, 5.74) is 0.766. The summed E-state index contributed by atoms with van der Waals surface area (Å²) in [5, 5.41) is 4.47. The third-order valence-corrected chi connectivity index (χ3v) is 3.00. The summed E-state index contributed by atoms with van der Waals surface area (Å²) in [6, 6.07) is 0.524. The lowest BCUT2D eigenvalue weighted by Crippen LogP contribution is -2.24. The number of aromatic nitrogens is 3. The fraction of sp³-hybridized carbons (Fsp3) is 0.500. The second-order valence-electron chi connectivity index (χ2n) is 3.65. The number of nitrogens with one attached hydrogen (secondary N) is 1. The maximum Gasteiger partial charge on any atom is 0.189 e. The lowest BCUT2D eigenvalue weighted by Gasteiger charge is -2.05. The molecule has 0 spiro atoms. The van der Waals surface area contributed by atoms with Crippen LogP contribution < -0.4 is 5.32 Å². The number of thiazole rings is 1. The van der Waals surface area contributed by atoms with Crippen molar-refractivity contribution in [3.63, 3.8) is 0 Å². The smallest absolute Gasteiger partial charge is 0.189 e. The van der Waals surface area contributed by atoms with Crippen LogP contribution >= 0.6 is 11.3 Å². The zero-order valence-electron chi connectivity index (χ0n) is 8.90. The molecule has 80 valence electrons. The first-order chi connectivity index (χ1) is 7.25. The van der Waals surface area contributed by atoms with Crippen molar-refractivity contribution in [3.05, 3.63) is 17.4 Å². The molecule has 2 aromatic rings. The van der Waals surface area contributed by atoms with Crippen LogP contribution in [0.2, 0.25) is 0 Å². The molecule has 0 aromatic carbocycles. The van der Waals surface area contributed by atoms with E-state index >= 15 is 0 Å². The fourth-order valence-corrected chi connectivity index (χ4v) is 2.16. The maximum atomic E-state index is 4.41. The standard InChI is InChI=1S/C10H14N4S/c1-7(2)11-4-3-8-14-9-10(15-8)13-6-5-12-9/h5-7,11H,3-4H2,1-2H3. The van der Waals surface area contributed by atoms with Gasteiger partial charge in [-0.25, -0.2) is 15.0 Å². The molecule has 0 aliphatic rings. The van der Waals surface area contributed by atoms with E-state index in [-0.39, 0.29) is 0 Å². The van der Waals surface area contributed by atoms with E-state index in [1.165, 1.54) is 0 Å². The Balaban J connectivity index is 2.03. The van der Waals surface area contributed by atoms with E-state index < -0.39 is 0 Å². The molecule has 4 nitrogen and oxygen atoms in total. The minimum Gasteiger partial charge on any atom is -0.314 e. The molecule has 15 heavy (non-hydrogen) atoms. The van der Waals surface area contributed by atoms with Gasteiger partial charge in [0.05, 0.1) is 5.01 Å². The van der Waals surface area contributed by atoms with E-state index in [1.807, 2.05) is 0 Å². The van der Waals surface area contributed by atoms with Crippen molar-refractivity contribution in [2.75, 3.05) is 6.54 Å². The second-order valence-corrected chi connectivity index (χ2v) is 4.71. The lowest BCUT2D eigenvalue weighted by atomic mass is 10.3. The third kappa shape index (κ3) is 2.70. The molecule has 0 radical (unpaired) electrons. The van der Waals surface area contributed by atoms with Gasteiger partial charge < -0.3 is 5.32 Å². The Hall–Kier alpha value is -1.07. The molecule has 0 aliphatic carbocycles. The molecule has 1 N–H and O–H groups in total. The Kier molecular flexibility index (Phi) is 3.23. The van der Waals surface area contributed by atoms with Gasteiger partial charge in [-0.15, -0.1) is 0 Å². The van der Waals surface area contributed by atoms with Crippen molar-refractivity contribution in [1.29, 1.82) is 0 Å². The van der Waals surface area contributed by atoms with Gasteiger partial charge in [0.1, 0.15) is 0 Å². The Morgan fingerprint density at radius 1 is 1.33 bits per heavy atom. The van der Waals surface area contributed by atoms with Crippen LogP contribution in [0.4, 0.5) is 0 Å². The monoisotopic (exact) mass is 222 g/mol. The highest BCUT2D eigenvalue weighted by Gasteiger charge is 2.04. The first-order valence-electron chi connectivity index (χ1n) is 5.05. The van der Waals surface area contributed by atoms with Gasteiger partial charge in [0.25, 0.3) is 0 Å². The van der Waals surface area contributed by atoms with E-state index in [9.17, 15) is 0 Å². The van der Waals surface area contributed by atoms with Gasteiger partial charge in [-0.3, -0.25) is 0 Å². The number of hydrogen-bond acceptors (Lipinski definition) is 5. The number of fused-ring (bicyclic) bond motifs is 1. The van der Waals surface area contributed by atoms with Crippen LogP contribution in [-0.4, -0.2) is 27.5 Å². The molecular weight excluding hydrogens is 208 g/mol. The van der Waals surface area contributed by atoms with Crippen molar-refractivity contribution in [2.45, 2.75) is 26.3 Å². The van der Waals surface area contributed by atoms with Crippen molar-refractivity contribution in [2.24, 2.45) is 0 Å². The zero-order valence-corrected chi connectivity index (χ0v) is 9.71. The van der Waals surface area contributed by atoms with E-state index in [0.29, 0.717) is 6.04 Å². The van der Waals surface area contributed by atoms with Gasteiger partial charge in [-0.05, 0) is 0 Å². The summed E-state index contributed by atoms with van der Waals surface area (Å²) in [6.07, 6.45) is 4.33. The fourth-order valence-electron chi connectivity index (χ4n) is 1.29. The molecule has 5 heteroatoms. The van der Waals surface area contributed by atoms with Crippen LogP contribution in [0, 0.1) is 0 Å². The largest absolute Gasteiger partial charge is 0.314 e. The van der Waals surface area contributed by atoms with Crippen LogP contribution in [-0.2, 0) is 6.42 Å². The minimum absolute atomic E-state index is 0.524. The number of nitrogens with zero attached hydrogens (tertiary/aromatic N) is 3. The molecule has 0 atom stereocenters. The summed E-state index contributed by atoms with van der Waals surface area (Å²) in [4.78, 5) is 13.7. The van der Waals surface area contributed by atoms with E-state index in [2.05, 4.69) is 34.1 Å². The van der Waals surface area contributed by atoms with E-state index in [0.717, 1.165) is 28.5 Å². The summed E-state index contributed by atoms with van der Waals surface area (Å²) in [5.74, 6) is 0. The van der Waals surface area contributed by atoms with Gasteiger partial charge in [0.15, 0.2) is 10.5 Å². The van der Waals surface area contributed by atoms with E-state index in [1.54, 1.807) is 23.7 Å². The van der Waals surface area contributed by atoms with Crippen molar-refractivity contribution >= 4 is 21.8 Å². The van der Waals surface area contributed by atoms with Gasteiger partial charge in [0, 0.05) is 31.4 Å². The predicted molar refractivity (Wildman–Crippen MR) is 62.1 cm³/mol. The second kappa shape index (κ2) is 4.63. The van der Waals surface area contributed by atoms with Gasteiger partial charge in [0.2, 0.25) is 0 Å². The summed E-state index contributed by atoms with van der Waals surface area (Å²) in [7, 11) is 0. The normalized spacial score (nSPS) is 11.4. The Morgan fingerprint density at radius 2 is 2.13 bits per heavy atom. The van der Waals surface area contributed by atoms with Gasteiger partial charge in [-0.1, -0.05) is 25.2 Å². The van der Waals surface area contributed by atoms with Crippen LogP contribution in [0.5, 0.6) is 0 Å². The molecule has 0 saturated heterocycles. The average molecular weight is 222 g/mol. The summed E-state index contributed by atoms with van der Waals surface area (Å²) < 4.78 is 0. The number of hydrogen-bond donors (Lipinski definition) is 1. The van der Waals surface area contributed by atoms with Crippen molar-refractivity contribution in [3.8, 4) is 0 Å². The highest BCUT2D eigenvalue weighted by molar-refractivity contribution is 7.18. The molecule has 2 rings (SSSR count). The Morgan fingerprint density at radius 3 is 2.87 bits per heavy atom. The Bertz CT molecular complexity index is 405. The average Bonchev–Trinajstić information content (AvgIpc) is 2.59. The minimum atomic E-state index is 0.524. The molecule has 0 amide bonds. The first kappa shape index (κ1) is 10.4. The van der Waals surface area contributed by atoms with Gasteiger partial charge in [-0.2, -0.15) is 0 Å². The van der Waals surface area contributed by atoms with Crippen LogP contribution in [0.25, 0.3) is 10.5 Å². The highest BCUT2D eigenvalue weighted by Crippen LogP contribution is 2.17. The lowest BCUT2D eigenvalue weighted by molar-refractivity contribution is 0.590. The van der Waals surface area contributed by atoms with Crippen molar-refractivity contribution < 1.29 is 0 Å². The molecule has 0 aliphatic heterocycles. The topological polar surface area (TPSA) is 50.7 Å². The van der Waals surface area contributed by atoms with E-state index in [4.69, 9.17) is 0 Å². The molecule has 0 saturated carbocycles. The maximum absolute atomic E-state index is 4.41. The van der Waals surface area contributed by atoms with Crippen molar-refractivity contribution in [1.82, 2.24) is 20.3 Å². The Labute approximate surface area is 92.8 Å². The predicted octanol–water partition coefficient (Wildman–Crippen LogP) is 1.63. The molecular formula is C10H14N4S. The van der Waals surface area contributed by atoms with Crippen LogP contribution in [0.15, 0.2) is 12.4 Å². The zero-order chi connectivity index (χ0) is 10.7. The first-order valence-corrected chi connectivity index (χ1v) is 5.87. The number of rotatable bonds is 4. The summed E-state index contributed by atoms with van der Waals surface area (Å²) in [6.45, 7) is 5.24. The quantitative estimate of drug-likeness (QED) is 0.854. The molecule has 0 fully saturated rings. The van der Waals surface area contributed by atoms with Gasteiger partial charge >= 0.3 is 0 Å². The third-order valence-electron chi connectivity index (χ3n) is 1.98. The SMILES string of the molecule is CC(C)NCCc1nc2nccnc2s1. The molecule has 0 bridgehead atoms.